The fourth-order valence-corrected chi connectivity index (χ4v) is 3.29. The van der Waals surface area contributed by atoms with Crippen LogP contribution in [0.4, 0.5) is 5.82 Å². The van der Waals surface area contributed by atoms with Gasteiger partial charge in [-0.25, -0.2) is 15.0 Å². The van der Waals surface area contributed by atoms with Gasteiger partial charge in [-0.2, -0.15) is 0 Å². The van der Waals surface area contributed by atoms with E-state index in [0.717, 1.165) is 59.8 Å². The summed E-state index contributed by atoms with van der Waals surface area (Å²) in [5.74, 6) is 1.74. The first-order valence-electron chi connectivity index (χ1n) is 9.08. The van der Waals surface area contributed by atoms with Gasteiger partial charge in [0.05, 0.1) is 12.2 Å². The summed E-state index contributed by atoms with van der Waals surface area (Å²) in [6.07, 6.45) is 3.54. The highest BCUT2D eigenvalue weighted by atomic mass is 16.5. The van der Waals surface area contributed by atoms with Gasteiger partial charge in [0.25, 0.3) is 0 Å². The molecule has 0 fully saturated rings. The van der Waals surface area contributed by atoms with Crippen molar-refractivity contribution in [1.29, 1.82) is 0 Å². The number of rotatable bonds is 5. The molecule has 0 radical (unpaired) electrons. The molecule has 3 heterocycles. The van der Waals surface area contributed by atoms with Crippen LogP contribution in [-0.4, -0.2) is 41.2 Å². The zero-order chi connectivity index (χ0) is 17.8. The van der Waals surface area contributed by atoms with Gasteiger partial charge in [0.15, 0.2) is 0 Å². The fraction of sp³-hybridized carbons (Fsp3) is 0.350. The summed E-state index contributed by atoms with van der Waals surface area (Å²) >= 11 is 0. The molecule has 134 valence electrons. The average Bonchev–Trinajstić information content (AvgIpc) is 2.91. The molecule has 1 aliphatic heterocycles. The molecule has 1 aliphatic rings. The van der Waals surface area contributed by atoms with Crippen molar-refractivity contribution in [1.82, 2.24) is 20.3 Å². The molecule has 3 aromatic rings. The van der Waals surface area contributed by atoms with E-state index in [0.29, 0.717) is 13.2 Å². The highest BCUT2D eigenvalue weighted by molar-refractivity contribution is 5.84. The van der Waals surface area contributed by atoms with Crippen molar-refractivity contribution in [2.24, 2.45) is 0 Å². The SMILES string of the molecule is Cc1ccc2cccc(OCCNc3ncnc4c3CCNCC4)c2n1. The summed E-state index contributed by atoms with van der Waals surface area (Å²) in [5, 5.41) is 7.90. The minimum Gasteiger partial charge on any atom is -0.489 e. The van der Waals surface area contributed by atoms with Crippen LogP contribution < -0.4 is 15.4 Å². The Morgan fingerprint density at radius 2 is 2.04 bits per heavy atom. The molecule has 0 atom stereocenters. The highest BCUT2D eigenvalue weighted by Crippen LogP contribution is 2.24. The number of nitrogens with one attached hydrogen (secondary N) is 2. The number of anilines is 1. The number of aromatic nitrogens is 3. The number of hydrogen-bond acceptors (Lipinski definition) is 6. The van der Waals surface area contributed by atoms with Crippen LogP contribution in [0.3, 0.4) is 0 Å². The third-order valence-electron chi connectivity index (χ3n) is 4.60. The van der Waals surface area contributed by atoms with Crippen molar-refractivity contribution in [2.45, 2.75) is 19.8 Å². The Balaban J connectivity index is 1.41. The predicted molar refractivity (Wildman–Crippen MR) is 103 cm³/mol. The van der Waals surface area contributed by atoms with Crippen LogP contribution >= 0.6 is 0 Å². The molecular weight excluding hydrogens is 326 g/mol. The summed E-state index contributed by atoms with van der Waals surface area (Å²) in [5.41, 5.74) is 4.26. The van der Waals surface area contributed by atoms with Gasteiger partial charge in [0.2, 0.25) is 0 Å². The van der Waals surface area contributed by atoms with E-state index in [4.69, 9.17) is 4.74 Å². The Morgan fingerprint density at radius 3 is 3.00 bits per heavy atom. The smallest absolute Gasteiger partial charge is 0.145 e. The highest BCUT2D eigenvalue weighted by Gasteiger charge is 2.13. The Labute approximate surface area is 153 Å². The van der Waals surface area contributed by atoms with Gasteiger partial charge in [-0.1, -0.05) is 18.2 Å². The largest absolute Gasteiger partial charge is 0.489 e. The molecule has 6 heteroatoms. The zero-order valence-corrected chi connectivity index (χ0v) is 15.0. The van der Waals surface area contributed by atoms with Crippen molar-refractivity contribution in [3.8, 4) is 5.75 Å². The molecule has 6 nitrogen and oxygen atoms in total. The topological polar surface area (TPSA) is 72.0 Å². The van der Waals surface area contributed by atoms with Crippen molar-refractivity contribution in [3.63, 3.8) is 0 Å². The maximum absolute atomic E-state index is 5.98. The van der Waals surface area contributed by atoms with Crippen LogP contribution in [0, 0.1) is 6.92 Å². The molecule has 1 aromatic carbocycles. The van der Waals surface area contributed by atoms with E-state index in [9.17, 15) is 0 Å². The number of para-hydroxylation sites is 1. The summed E-state index contributed by atoms with van der Waals surface area (Å²) in [6, 6.07) is 10.1. The number of nitrogens with zero attached hydrogens (tertiary/aromatic N) is 3. The van der Waals surface area contributed by atoms with Gasteiger partial charge in [0.1, 0.15) is 30.0 Å². The zero-order valence-electron chi connectivity index (χ0n) is 15.0. The maximum atomic E-state index is 5.98. The molecule has 0 bridgehead atoms. The number of aryl methyl sites for hydroxylation is 1. The van der Waals surface area contributed by atoms with Crippen molar-refractivity contribution in [2.75, 3.05) is 31.6 Å². The van der Waals surface area contributed by atoms with Crippen LogP contribution in [0.5, 0.6) is 5.75 Å². The van der Waals surface area contributed by atoms with E-state index in [-0.39, 0.29) is 0 Å². The molecule has 4 rings (SSSR count). The Bertz CT molecular complexity index is 912. The molecule has 2 aromatic heterocycles. The van der Waals surface area contributed by atoms with E-state index >= 15 is 0 Å². The first kappa shape index (κ1) is 16.7. The predicted octanol–water partition coefficient (Wildman–Crippen LogP) is 2.51. The van der Waals surface area contributed by atoms with Crippen molar-refractivity contribution >= 4 is 16.7 Å². The number of benzene rings is 1. The van der Waals surface area contributed by atoms with Crippen molar-refractivity contribution < 1.29 is 4.74 Å². The Kier molecular flexibility index (Phi) is 4.93. The minimum absolute atomic E-state index is 0.547. The van der Waals surface area contributed by atoms with Crippen LogP contribution in [0.15, 0.2) is 36.7 Å². The molecule has 26 heavy (non-hydrogen) atoms. The van der Waals surface area contributed by atoms with Gasteiger partial charge in [0, 0.05) is 29.6 Å². The Morgan fingerprint density at radius 1 is 1.12 bits per heavy atom. The van der Waals surface area contributed by atoms with Gasteiger partial charge in [-0.05, 0) is 32.0 Å². The molecule has 0 saturated heterocycles. The lowest BCUT2D eigenvalue weighted by Gasteiger charge is -2.13. The van der Waals surface area contributed by atoms with Gasteiger partial charge in [-0.3, -0.25) is 0 Å². The van der Waals surface area contributed by atoms with Gasteiger partial charge in [-0.15, -0.1) is 0 Å². The van der Waals surface area contributed by atoms with Crippen molar-refractivity contribution in [3.05, 3.63) is 53.6 Å². The van der Waals surface area contributed by atoms with E-state index < -0.39 is 0 Å². The molecule has 0 amide bonds. The summed E-state index contributed by atoms with van der Waals surface area (Å²) < 4.78 is 5.98. The third-order valence-corrected chi connectivity index (χ3v) is 4.60. The summed E-state index contributed by atoms with van der Waals surface area (Å²) in [4.78, 5) is 13.5. The second-order valence-corrected chi connectivity index (χ2v) is 6.45. The number of hydrogen-bond donors (Lipinski definition) is 2. The summed E-state index contributed by atoms with van der Waals surface area (Å²) in [7, 11) is 0. The van der Waals surface area contributed by atoms with E-state index in [1.54, 1.807) is 6.33 Å². The first-order valence-corrected chi connectivity index (χ1v) is 9.08. The van der Waals surface area contributed by atoms with Crippen LogP contribution in [0.2, 0.25) is 0 Å². The quantitative estimate of drug-likeness (QED) is 0.690. The number of ether oxygens (including phenoxy) is 1. The lowest BCUT2D eigenvalue weighted by molar-refractivity contribution is 0.336. The molecule has 2 N–H and O–H groups in total. The van der Waals surface area contributed by atoms with Crippen LogP contribution in [0.1, 0.15) is 17.0 Å². The van der Waals surface area contributed by atoms with Gasteiger partial charge < -0.3 is 15.4 Å². The fourth-order valence-electron chi connectivity index (χ4n) is 3.29. The summed E-state index contributed by atoms with van der Waals surface area (Å²) in [6.45, 7) is 5.16. The normalized spacial score (nSPS) is 13.9. The second-order valence-electron chi connectivity index (χ2n) is 6.45. The van der Waals surface area contributed by atoms with E-state index in [1.165, 1.54) is 5.56 Å². The lowest BCUT2D eigenvalue weighted by Crippen LogP contribution is -2.17. The monoisotopic (exact) mass is 349 g/mol. The second kappa shape index (κ2) is 7.66. The molecule has 0 aliphatic carbocycles. The minimum atomic E-state index is 0.547. The Hall–Kier alpha value is -2.73. The average molecular weight is 349 g/mol. The first-order chi connectivity index (χ1) is 12.8. The van der Waals surface area contributed by atoms with Crippen LogP contribution in [-0.2, 0) is 12.8 Å². The third kappa shape index (κ3) is 3.60. The molecule has 0 spiro atoms. The van der Waals surface area contributed by atoms with Gasteiger partial charge >= 0.3 is 0 Å². The molecule has 0 saturated carbocycles. The number of pyridine rings is 1. The standard InChI is InChI=1S/C20H23N5O/c1-14-5-6-15-3-2-4-18(19(15)25-14)26-12-11-22-20-16-7-9-21-10-8-17(16)23-13-24-20/h2-6,13,21H,7-12H2,1H3,(H,22,23,24). The molecule has 0 unspecified atom stereocenters. The molecular formula is C20H23N5O. The lowest BCUT2D eigenvalue weighted by atomic mass is 10.1. The van der Waals surface area contributed by atoms with Crippen LogP contribution in [0.25, 0.3) is 10.9 Å². The number of fused-ring (bicyclic) bond motifs is 2. The van der Waals surface area contributed by atoms with E-state index in [1.807, 2.05) is 25.1 Å². The van der Waals surface area contributed by atoms with E-state index in [2.05, 4.69) is 37.7 Å². The maximum Gasteiger partial charge on any atom is 0.145 e.